The van der Waals surface area contributed by atoms with Crippen LogP contribution < -0.4 is 14.2 Å². The van der Waals surface area contributed by atoms with Gasteiger partial charge in [0.15, 0.2) is 23.9 Å². The van der Waals surface area contributed by atoms with Crippen LogP contribution in [0.15, 0.2) is 48.9 Å². The quantitative estimate of drug-likeness (QED) is 0.319. The molecule has 0 fully saturated rings. The first-order chi connectivity index (χ1) is 15.0. The number of pyridine rings is 2. The third-order valence-electron chi connectivity index (χ3n) is 5.04. The molecule has 1 aliphatic carbocycles. The molecule has 0 unspecified atom stereocenters. The van der Waals surface area contributed by atoms with Gasteiger partial charge in [-0.05, 0) is 17.2 Å². The Bertz CT molecular complexity index is 1170. The molecule has 8 heteroatoms. The fraction of sp³-hybridized carbons (Fsp3) is 0.174. The van der Waals surface area contributed by atoms with Crippen molar-refractivity contribution in [3.05, 3.63) is 86.6 Å². The molecule has 2 aromatic heterocycles. The van der Waals surface area contributed by atoms with Gasteiger partial charge >= 0.3 is 0 Å². The molecule has 0 N–H and O–H groups in total. The zero-order valence-corrected chi connectivity index (χ0v) is 18.0. The Morgan fingerprint density at radius 1 is 1.19 bits per heavy atom. The summed E-state index contributed by atoms with van der Waals surface area (Å²) in [7, 11) is 1.54. The molecule has 1 aromatic carbocycles. The molecule has 6 nitrogen and oxygen atoms in total. The average Bonchev–Trinajstić information content (AvgIpc) is 3.15. The first kappa shape index (κ1) is 21.0. The van der Waals surface area contributed by atoms with Crippen LogP contribution in [0, 0.1) is 16.5 Å². The van der Waals surface area contributed by atoms with E-state index in [-0.39, 0.29) is 21.7 Å². The molecule has 0 saturated carbocycles. The molecular weight excluding hydrogens is 437 g/mol. The third kappa shape index (κ3) is 4.43. The van der Waals surface area contributed by atoms with Crippen LogP contribution >= 0.6 is 23.2 Å². The standard InChI is InChI=1S/C23H17Cl2N3O3/c1-30-23-11-27-21(16(10-26)8-18-19(24)12-28(29)13-20(18)25)9-22(23)31-17-6-14-4-2-3-5-15(14)7-17/h2-5,8-9,11-13,17H,6-7H2,1H3/b16-8+. The first-order valence-electron chi connectivity index (χ1n) is 9.46. The lowest BCUT2D eigenvalue weighted by atomic mass is 10.1. The number of ether oxygens (including phenoxy) is 2. The highest BCUT2D eigenvalue weighted by Crippen LogP contribution is 2.34. The van der Waals surface area contributed by atoms with E-state index in [0.29, 0.717) is 27.5 Å². The van der Waals surface area contributed by atoms with Gasteiger partial charge in [-0.2, -0.15) is 9.99 Å². The lowest BCUT2D eigenvalue weighted by Crippen LogP contribution is -2.24. The summed E-state index contributed by atoms with van der Waals surface area (Å²) in [4.78, 5) is 4.32. The van der Waals surface area contributed by atoms with Crippen LogP contribution in [0.5, 0.6) is 11.5 Å². The molecule has 0 spiro atoms. The average molecular weight is 454 g/mol. The second-order valence-electron chi connectivity index (χ2n) is 7.03. The lowest BCUT2D eigenvalue weighted by Gasteiger charge is -2.16. The fourth-order valence-electron chi connectivity index (χ4n) is 3.56. The Hall–Kier alpha value is -3.27. The molecule has 156 valence electrons. The largest absolute Gasteiger partial charge is 0.619 e. The van der Waals surface area contributed by atoms with E-state index in [1.54, 1.807) is 6.07 Å². The van der Waals surface area contributed by atoms with E-state index in [1.165, 1.54) is 42.9 Å². The van der Waals surface area contributed by atoms with Crippen molar-refractivity contribution in [1.29, 1.82) is 5.26 Å². The molecule has 3 aromatic rings. The lowest BCUT2D eigenvalue weighted by molar-refractivity contribution is -0.605. The number of methoxy groups -OCH3 is 1. The predicted molar refractivity (Wildman–Crippen MR) is 118 cm³/mol. The minimum Gasteiger partial charge on any atom is -0.619 e. The van der Waals surface area contributed by atoms with Gasteiger partial charge in [0.05, 0.1) is 24.6 Å². The highest BCUT2D eigenvalue weighted by Gasteiger charge is 2.24. The highest BCUT2D eigenvalue weighted by molar-refractivity contribution is 6.37. The van der Waals surface area contributed by atoms with E-state index in [0.717, 1.165) is 12.8 Å². The van der Waals surface area contributed by atoms with Gasteiger partial charge in [0, 0.05) is 24.5 Å². The van der Waals surface area contributed by atoms with E-state index in [1.807, 2.05) is 12.1 Å². The number of aromatic nitrogens is 2. The minimum atomic E-state index is -0.0402. The van der Waals surface area contributed by atoms with Gasteiger partial charge in [-0.15, -0.1) is 0 Å². The molecular formula is C23H17Cl2N3O3. The monoisotopic (exact) mass is 453 g/mol. The maximum Gasteiger partial charge on any atom is 0.199 e. The maximum absolute atomic E-state index is 11.5. The van der Waals surface area contributed by atoms with Crippen molar-refractivity contribution in [2.24, 2.45) is 0 Å². The summed E-state index contributed by atoms with van der Waals surface area (Å²) in [5.74, 6) is 0.967. The number of halogens is 2. The SMILES string of the molecule is COc1cnc(/C(C#N)=C/c2c(Cl)c[n+]([O-])cc2Cl)cc1OC1Cc2ccccc2C1. The van der Waals surface area contributed by atoms with Crippen molar-refractivity contribution in [3.8, 4) is 17.6 Å². The summed E-state index contributed by atoms with van der Waals surface area (Å²) >= 11 is 12.3. The first-order valence-corrected chi connectivity index (χ1v) is 10.2. The summed E-state index contributed by atoms with van der Waals surface area (Å²) in [5.41, 5.74) is 3.48. The smallest absolute Gasteiger partial charge is 0.199 e. The van der Waals surface area contributed by atoms with E-state index in [4.69, 9.17) is 32.7 Å². The highest BCUT2D eigenvalue weighted by atomic mass is 35.5. The summed E-state index contributed by atoms with van der Waals surface area (Å²) < 4.78 is 12.1. The number of allylic oxidation sites excluding steroid dienone is 1. The fourth-order valence-corrected chi connectivity index (χ4v) is 4.11. The molecule has 0 aliphatic heterocycles. The second-order valence-corrected chi connectivity index (χ2v) is 7.85. The van der Waals surface area contributed by atoms with E-state index < -0.39 is 0 Å². The third-order valence-corrected chi connectivity index (χ3v) is 5.64. The number of rotatable bonds is 5. The van der Waals surface area contributed by atoms with Crippen LogP contribution in [-0.2, 0) is 12.8 Å². The summed E-state index contributed by atoms with van der Waals surface area (Å²) in [6, 6.07) is 12.0. The molecule has 0 saturated heterocycles. The van der Waals surface area contributed by atoms with Crippen LogP contribution in [-0.4, -0.2) is 18.2 Å². The van der Waals surface area contributed by atoms with Gasteiger partial charge in [-0.25, -0.2) is 0 Å². The van der Waals surface area contributed by atoms with Crippen molar-refractivity contribution in [1.82, 2.24) is 4.98 Å². The van der Waals surface area contributed by atoms with Crippen molar-refractivity contribution < 1.29 is 14.2 Å². The van der Waals surface area contributed by atoms with Crippen molar-refractivity contribution in [2.45, 2.75) is 18.9 Å². The van der Waals surface area contributed by atoms with Crippen LogP contribution in [0.4, 0.5) is 0 Å². The summed E-state index contributed by atoms with van der Waals surface area (Å²) in [6.07, 6.45) is 6.89. The van der Waals surface area contributed by atoms with Gasteiger partial charge in [0.25, 0.3) is 0 Å². The Kier molecular flexibility index (Phi) is 5.99. The number of fused-ring (bicyclic) bond motifs is 1. The van der Waals surface area contributed by atoms with Crippen molar-refractivity contribution in [3.63, 3.8) is 0 Å². The van der Waals surface area contributed by atoms with E-state index >= 15 is 0 Å². The number of nitrogens with zero attached hydrogens (tertiary/aromatic N) is 3. The zero-order chi connectivity index (χ0) is 22.0. The van der Waals surface area contributed by atoms with Gasteiger partial charge in [-0.1, -0.05) is 47.5 Å². The molecule has 31 heavy (non-hydrogen) atoms. The number of nitriles is 1. The van der Waals surface area contributed by atoms with Gasteiger partial charge in [0.1, 0.15) is 22.2 Å². The summed E-state index contributed by atoms with van der Waals surface area (Å²) in [6.45, 7) is 0. The number of hydrogen-bond donors (Lipinski definition) is 0. The summed E-state index contributed by atoms with van der Waals surface area (Å²) in [5, 5.41) is 21.4. The minimum absolute atomic E-state index is 0.0402. The Morgan fingerprint density at radius 2 is 1.84 bits per heavy atom. The predicted octanol–water partition coefficient (Wildman–Crippen LogP) is 4.64. The zero-order valence-electron chi connectivity index (χ0n) is 16.5. The molecule has 0 radical (unpaired) electrons. The van der Waals surface area contributed by atoms with Crippen LogP contribution in [0.25, 0.3) is 11.6 Å². The molecule has 1 aliphatic rings. The number of benzene rings is 1. The van der Waals surface area contributed by atoms with E-state index in [2.05, 4.69) is 23.2 Å². The van der Waals surface area contributed by atoms with Crippen molar-refractivity contribution in [2.75, 3.05) is 7.11 Å². The van der Waals surface area contributed by atoms with Crippen LogP contribution in [0.1, 0.15) is 22.4 Å². The number of hydrogen-bond acceptors (Lipinski definition) is 5. The molecule has 4 rings (SSSR count). The van der Waals surface area contributed by atoms with Crippen LogP contribution in [0.2, 0.25) is 10.0 Å². The van der Waals surface area contributed by atoms with Gasteiger partial charge in [-0.3, -0.25) is 4.98 Å². The molecule has 2 heterocycles. The Labute approximate surface area is 189 Å². The Morgan fingerprint density at radius 3 is 2.42 bits per heavy atom. The maximum atomic E-state index is 11.5. The Balaban J connectivity index is 1.66. The van der Waals surface area contributed by atoms with Crippen molar-refractivity contribution >= 4 is 34.9 Å². The second kappa shape index (κ2) is 8.84. The van der Waals surface area contributed by atoms with Gasteiger partial charge in [0.2, 0.25) is 0 Å². The normalized spacial score (nSPS) is 13.5. The topological polar surface area (TPSA) is 82.1 Å². The molecule has 0 amide bonds. The van der Waals surface area contributed by atoms with Crippen LogP contribution in [0.3, 0.4) is 0 Å². The molecule has 0 atom stereocenters. The van der Waals surface area contributed by atoms with Gasteiger partial charge < -0.3 is 14.7 Å². The molecule has 0 bridgehead atoms. The van der Waals surface area contributed by atoms with E-state index in [9.17, 15) is 10.5 Å².